The number of furan rings is 1. The minimum atomic E-state index is -0.414. The van der Waals surface area contributed by atoms with Crippen LogP contribution >= 0.6 is 15.9 Å². The van der Waals surface area contributed by atoms with Crippen molar-refractivity contribution in [1.29, 1.82) is 0 Å². The van der Waals surface area contributed by atoms with Crippen LogP contribution in [-0.4, -0.2) is 12.1 Å². The molecule has 4 rings (SSSR count). The van der Waals surface area contributed by atoms with Crippen LogP contribution in [0.2, 0.25) is 0 Å². The maximum absolute atomic E-state index is 12.4. The van der Waals surface area contributed by atoms with Crippen molar-refractivity contribution in [2.45, 2.75) is 20.0 Å². The molecule has 3 aromatic carbocycles. The van der Waals surface area contributed by atoms with Gasteiger partial charge in [-0.15, -0.1) is 6.58 Å². The Labute approximate surface area is 200 Å². The molecule has 1 aromatic heterocycles. The van der Waals surface area contributed by atoms with Crippen LogP contribution in [0, 0.1) is 6.92 Å². The Morgan fingerprint density at radius 2 is 2.03 bits per heavy atom. The van der Waals surface area contributed by atoms with Gasteiger partial charge in [-0.1, -0.05) is 51.8 Å². The first-order valence-corrected chi connectivity index (χ1v) is 11.3. The van der Waals surface area contributed by atoms with Crippen molar-refractivity contribution in [3.63, 3.8) is 0 Å². The van der Waals surface area contributed by atoms with Crippen LogP contribution in [0.25, 0.3) is 11.0 Å². The van der Waals surface area contributed by atoms with Crippen LogP contribution in [0.3, 0.4) is 0 Å². The molecule has 1 N–H and O–H groups in total. The lowest BCUT2D eigenvalue weighted by molar-refractivity contribution is 0.0929. The minimum Gasteiger partial charge on any atom is -0.489 e. The first-order chi connectivity index (χ1) is 16.0. The van der Waals surface area contributed by atoms with Crippen molar-refractivity contribution in [2.75, 3.05) is 0 Å². The molecule has 0 radical (unpaired) electrons. The van der Waals surface area contributed by atoms with E-state index in [2.05, 4.69) is 52.1 Å². The van der Waals surface area contributed by atoms with Crippen molar-refractivity contribution in [3.05, 3.63) is 112 Å². The molecular weight excluding hydrogens is 480 g/mol. The molecule has 0 bridgehead atoms. The number of fused-ring (bicyclic) bond motifs is 1. The number of hydrogen-bond donors (Lipinski definition) is 1. The lowest BCUT2D eigenvalue weighted by atomic mass is 10.1. The summed E-state index contributed by atoms with van der Waals surface area (Å²) in [5, 5.41) is 4.92. The number of amides is 1. The predicted octanol–water partition coefficient (Wildman–Crippen LogP) is 6.58. The Morgan fingerprint density at radius 1 is 1.15 bits per heavy atom. The SMILES string of the molecule is C=CCc1cc(/C=N/NC(=O)c2cc3cc(Br)ccc3o2)ccc1OCc1cccc(C)c1. The molecule has 0 spiro atoms. The Morgan fingerprint density at radius 3 is 2.85 bits per heavy atom. The van der Waals surface area contributed by atoms with Crippen molar-refractivity contribution in [3.8, 4) is 5.75 Å². The van der Waals surface area contributed by atoms with Crippen molar-refractivity contribution >= 4 is 39.0 Å². The van der Waals surface area contributed by atoms with Gasteiger partial charge in [-0.3, -0.25) is 4.79 Å². The quantitative estimate of drug-likeness (QED) is 0.168. The van der Waals surface area contributed by atoms with Gasteiger partial charge < -0.3 is 9.15 Å². The van der Waals surface area contributed by atoms with Crippen LogP contribution in [0.15, 0.2) is 93.4 Å². The molecule has 0 saturated carbocycles. The van der Waals surface area contributed by atoms with E-state index in [1.165, 1.54) is 5.56 Å². The Hall–Kier alpha value is -3.64. The highest BCUT2D eigenvalue weighted by molar-refractivity contribution is 9.10. The topological polar surface area (TPSA) is 63.8 Å². The number of rotatable bonds is 8. The lowest BCUT2D eigenvalue weighted by Gasteiger charge is -2.12. The van der Waals surface area contributed by atoms with E-state index in [1.54, 1.807) is 12.3 Å². The third kappa shape index (κ3) is 5.79. The summed E-state index contributed by atoms with van der Waals surface area (Å²) < 4.78 is 12.6. The van der Waals surface area contributed by atoms with Crippen LogP contribution < -0.4 is 10.2 Å². The predicted molar refractivity (Wildman–Crippen MR) is 135 cm³/mol. The normalized spacial score (nSPS) is 11.1. The third-order valence-electron chi connectivity index (χ3n) is 5.01. The Balaban J connectivity index is 1.42. The second kappa shape index (κ2) is 10.3. The molecule has 0 aliphatic carbocycles. The molecule has 1 heterocycles. The minimum absolute atomic E-state index is 0.201. The largest absolute Gasteiger partial charge is 0.489 e. The zero-order valence-electron chi connectivity index (χ0n) is 18.2. The lowest BCUT2D eigenvalue weighted by Crippen LogP contribution is -2.16. The summed E-state index contributed by atoms with van der Waals surface area (Å²) in [5.41, 5.74) is 7.31. The van der Waals surface area contributed by atoms with Crippen LogP contribution in [0.1, 0.15) is 32.8 Å². The number of benzene rings is 3. The second-order valence-corrected chi connectivity index (χ2v) is 8.55. The van der Waals surface area contributed by atoms with E-state index in [-0.39, 0.29) is 5.76 Å². The average Bonchev–Trinajstić information content (AvgIpc) is 3.22. The van der Waals surface area contributed by atoms with Crippen LogP contribution in [0.5, 0.6) is 5.75 Å². The molecule has 1 amide bonds. The van der Waals surface area contributed by atoms with Gasteiger partial charge in [0.1, 0.15) is 17.9 Å². The van der Waals surface area contributed by atoms with Crippen LogP contribution in [-0.2, 0) is 13.0 Å². The Kier molecular flexibility index (Phi) is 7.05. The van der Waals surface area contributed by atoms with Crippen molar-refractivity contribution < 1.29 is 13.9 Å². The van der Waals surface area contributed by atoms with Gasteiger partial charge in [0.25, 0.3) is 0 Å². The Bertz CT molecular complexity index is 1340. The van der Waals surface area contributed by atoms with E-state index < -0.39 is 5.91 Å². The van der Waals surface area contributed by atoms with Gasteiger partial charge in [0.05, 0.1) is 6.21 Å². The van der Waals surface area contributed by atoms with Crippen molar-refractivity contribution in [2.24, 2.45) is 5.10 Å². The van der Waals surface area contributed by atoms with Gasteiger partial charge in [0.2, 0.25) is 0 Å². The molecule has 0 aliphatic heterocycles. The highest BCUT2D eigenvalue weighted by Crippen LogP contribution is 2.24. The molecule has 4 aromatic rings. The zero-order valence-corrected chi connectivity index (χ0v) is 19.8. The monoisotopic (exact) mass is 502 g/mol. The van der Waals surface area contributed by atoms with E-state index >= 15 is 0 Å². The number of nitrogens with one attached hydrogen (secondary N) is 1. The molecular formula is C27H23BrN2O3. The standard InChI is InChI=1S/C27H23BrN2O3/c1-3-5-21-13-19(8-10-24(21)32-17-20-7-4-6-18(2)12-20)16-29-30-27(31)26-15-22-14-23(28)9-11-25(22)33-26/h3-4,6-16H,1,5,17H2,2H3,(H,30,31)/b29-16+. The van der Waals surface area contributed by atoms with Crippen molar-refractivity contribution in [1.82, 2.24) is 5.43 Å². The number of aryl methyl sites for hydroxylation is 1. The fraction of sp³-hybridized carbons (Fsp3) is 0.111. The molecule has 33 heavy (non-hydrogen) atoms. The van der Waals surface area contributed by atoms with Gasteiger partial charge in [-0.25, -0.2) is 5.43 Å². The fourth-order valence-corrected chi connectivity index (χ4v) is 3.82. The third-order valence-corrected chi connectivity index (χ3v) is 5.50. The number of hydrazone groups is 1. The summed E-state index contributed by atoms with van der Waals surface area (Å²) in [5.74, 6) is 0.585. The highest BCUT2D eigenvalue weighted by Gasteiger charge is 2.12. The summed E-state index contributed by atoms with van der Waals surface area (Å²) in [4.78, 5) is 12.4. The number of allylic oxidation sites excluding steroid dienone is 1. The number of carbonyl (C=O) groups is 1. The summed E-state index contributed by atoms with van der Waals surface area (Å²) in [6.07, 6.45) is 4.08. The van der Waals surface area contributed by atoms with Gasteiger partial charge in [-0.05, 0) is 72.5 Å². The summed E-state index contributed by atoms with van der Waals surface area (Å²) in [6, 6.07) is 21.3. The maximum Gasteiger partial charge on any atom is 0.307 e. The van der Waals surface area contributed by atoms with E-state index in [0.29, 0.717) is 18.6 Å². The number of hydrogen-bond acceptors (Lipinski definition) is 4. The highest BCUT2D eigenvalue weighted by atomic mass is 79.9. The number of nitrogens with zero attached hydrogens (tertiary/aromatic N) is 1. The van der Waals surface area contributed by atoms with Crippen LogP contribution in [0.4, 0.5) is 0 Å². The smallest absolute Gasteiger partial charge is 0.307 e. The number of carbonyl (C=O) groups excluding carboxylic acids is 1. The maximum atomic E-state index is 12.4. The molecule has 0 atom stereocenters. The average molecular weight is 503 g/mol. The van der Waals surface area contributed by atoms with E-state index in [4.69, 9.17) is 9.15 Å². The van der Waals surface area contributed by atoms with Gasteiger partial charge in [0.15, 0.2) is 5.76 Å². The molecule has 166 valence electrons. The summed E-state index contributed by atoms with van der Waals surface area (Å²) >= 11 is 3.41. The number of ether oxygens (including phenoxy) is 1. The molecule has 0 saturated heterocycles. The summed E-state index contributed by atoms with van der Waals surface area (Å²) in [7, 11) is 0. The summed E-state index contributed by atoms with van der Waals surface area (Å²) in [6.45, 7) is 6.39. The number of halogens is 1. The molecule has 5 nitrogen and oxygen atoms in total. The first kappa shape index (κ1) is 22.6. The molecule has 0 fully saturated rings. The molecule has 0 aliphatic rings. The van der Waals surface area contributed by atoms with E-state index in [9.17, 15) is 4.79 Å². The second-order valence-electron chi connectivity index (χ2n) is 7.63. The van der Waals surface area contributed by atoms with E-state index in [1.807, 2.05) is 54.6 Å². The first-order valence-electron chi connectivity index (χ1n) is 10.5. The van der Waals surface area contributed by atoms with Gasteiger partial charge in [0, 0.05) is 9.86 Å². The molecule has 0 unspecified atom stereocenters. The zero-order chi connectivity index (χ0) is 23.2. The van der Waals surface area contributed by atoms with E-state index in [0.717, 1.165) is 32.3 Å². The molecule has 6 heteroatoms. The van der Waals surface area contributed by atoms with Gasteiger partial charge in [-0.2, -0.15) is 5.10 Å². The fourth-order valence-electron chi connectivity index (χ4n) is 3.45. The van der Waals surface area contributed by atoms with Gasteiger partial charge >= 0.3 is 5.91 Å².